The minimum absolute atomic E-state index is 0.230. The van der Waals surface area contributed by atoms with Gasteiger partial charge in [-0.3, -0.25) is 4.79 Å². The van der Waals surface area contributed by atoms with Crippen LogP contribution in [0.4, 0.5) is 0 Å². The molecule has 21 heavy (non-hydrogen) atoms. The van der Waals surface area contributed by atoms with E-state index in [1.54, 1.807) is 30.3 Å². The molecule has 0 fully saturated rings. The summed E-state index contributed by atoms with van der Waals surface area (Å²) >= 11 is 0. The normalized spacial score (nSPS) is 13.4. The fourth-order valence-electron chi connectivity index (χ4n) is 2.36. The van der Waals surface area contributed by atoms with Crippen LogP contribution in [0.15, 0.2) is 60.9 Å². The number of allylic oxidation sites excluding steroid dienone is 1. The van der Waals surface area contributed by atoms with E-state index in [1.807, 2.05) is 30.4 Å². The van der Waals surface area contributed by atoms with E-state index in [9.17, 15) is 9.90 Å². The second-order valence-corrected chi connectivity index (χ2v) is 4.68. The molecule has 0 saturated heterocycles. The molecule has 1 N–H and O–H groups in total. The highest BCUT2D eigenvalue weighted by molar-refractivity contribution is 6.29. The summed E-state index contributed by atoms with van der Waals surface area (Å²) in [5.41, 5.74) is 2.27. The largest absolute Gasteiger partial charge is 0.515 e. The zero-order chi connectivity index (χ0) is 14.7. The van der Waals surface area contributed by atoms with Gasteiger partial charge in [-0.2, -0.15) is 0 Å². The zero-order valence-corrected chi connectivity index (χ0v) is 11.3. The van der Waals surface area contributed by atoms with Gasteiger partial charge >= 0.3 is 0 Å². The summed E-state index contributed by atoms with van der Waals surface area (Å²) in [7, 11) is 0. The molecule has 104 valence electrons. The van der Waals surface area contributed by atoms with Crippen molar-refractivity contribution >= 4 is 17.4 Å². The number of aliphatic hydroxyl groups is 1. The molecule has 0 saturated carbocycles. The third-order valence-electron chi connectivity index (χ3n) is 3.37. The second kappa shape index (κ2) is 5.67. The highest BCUT2D eigenvalue weighted by Gasteiger charge is 2.20. The maximum absolute atomic E-state index is 12.6. The van der Waals surface area contributed by atoms with Crippen molar-refractivity contribution in [3.8, 4) is 5.75 Å². The molecule has 1 aliphatic heterocycles. The van der Waals surface area contributed by atoms with E-state index in [4.69, 9.17) is 4.74 Å². The number of ether oxygens (including phenoxy) is 1. The van der Waals surface area contributed by atoms with Gasteiger partial charge < -0.3 is 9.84 Å². The standard InChI is InChI=1S/C18H14O3/c19-12-16(17(20)13-6-2-1-3-7-13)15-10-4-8-14-9-5-11-21-18(14)15/h1-10,12,19H,11H2/b16-12-. The van der Waals surface area contributed by atoms with Gasteiger partial charge in [0.25, 0.3) is 0 Å². The monoisotopic (exact) mass is 278 g/mol. The van der Waals surface area contributed by atoms with Gasteiger partial charge in [-0.05, 0) is 6.08 Å². The molecule has 0 radical (unpaired) electrons. The van der Waals surface area contributed by atoms with Crippen LogP contribution in [0, 0.1) is 0 Å². The van der Waals surface area contributed by atoms with Gasteiger partial charge in [0.15, 0.2) is 5.78 Å². The van der Waals surface area contributed by atoms with E-state index in [2.05, 4.69) is 0 Å². The van der Waals surface area contributed by atoms with Gasteiger partial charge in [0, 0.05) is 16.7 Å². The van der Waals surface area contributed by atoms with Gasteiger partial charge in [0.2, 0.25) is 0 Å². The van der Waals surface area contributed by atoms with E-state index < -0.39 is 0 Å². The number of ketones is 1. The summed E-state index contributed by atoms with van der Waals surface area (Å²) in [6, 6.07) is 14.4. The number of fused-ring (bicyclic) bond motifs is 1. The molecule has 3 nitrogen and oxygen atoms in total. The van der Waals surface area contributed by atoms with Crippen molar-refractivity contribution in [2.24, 2.45) is 0 Å². The molecule has 0 spiro atoms. The van der Waals surface area contributed by atoms with Gasteiger partial charge in [0.05, 0.1) is 11.8 Å². The third-order valence-corrected chi connectivity index (χ3v) is 3.37. The Bertz CT molecular complexity index is 727. The Balaban J connectivity index is 2.06. The van der Waals surface area contributed by atoms with Crippen LogP contribution in [0.1, 0.15) is 21.5 Å². The molecule has 0 amide bonds. The summed E-state index contributed by atoms with van der Waals surface area (Å²) in [6.45, 7) is 0.461. The van der Waals surface area contributed by atoms with Crippen molar-refractivity contribution in [1.82, 2.24) is 0 Å². The summed E-state index contributed by atoms with van der Waals surface area (Å²) < 4.78 is 5.63. The lowest BCUT2D eigenvalue weighted by molar-refractivity contribution is 0.105. The lowest BCUT2D eigenvalue weighted by atomic mass is 9.95. The molecular weight excluding hydrogens is 264 g/mol. The van der Waals surface area contributed by atoms with E-state index in [1.165, 1.54) is 0 Å². The highest BCUT2D eigenvalue weighted by Crippen LogP contribution is 2.34. The van der Waals surface area contributed by atoms with Gasteiger partial charge in [-0.1, -0.05) is 54.6 Å². The maximum atomic E-state index is 12.6. The smallest absolute Gasteiger partial charge is 0.196 e. The first kappa shape index (κ1) is 13.2. The molecule has 0 aliphatic carbocycles. The Morgan fingerprint density at radius 1 is 1.10 bits per heavy atom. The second-order valence-electron chi connectivity index (χ2n) is 4.68. The predicted octanol–water partition coefficient (Wildman–Crippen LogP) is 3.87. The fraction of sp³-hybridized carbons (Fsp3) is 0.0556. The minimum atomic E-state index is -0.232. The van der Waals surface area contributed by atoms with Crippen LogP contribution < -0.4 is 4.74 Å². The van der Waals surface area contributed by atoms with Crippen molar-refractivity contribution in [2.75, 3.05) is 6.61 Å². The molecule has 1 heterocycles. The Kier molecular flexibility index (Phi) is 3.56. The Morgan fingerprint density at radius 2 is 1.90 bits per heavy atom. The first-order valence-electron chi connectivity index (χ1n) is 6.68. The first-order chi connectivity index (χ1) is 10.3. The van der Waals surface area contributed by atoms with E-state index in [-0.39, 0.29) is 11.4 Å². The van der Waals surface area contributed by atoms with Crippen molar-refractivity contribution < 1.29 is 14.6 Å². The molecule has 0 atom stereocenters. The SMILES string of the molecule is O=C(/C(=C\O)c1cccc2c1OCC=C2)c1ccccc1. The molecule has 0 bridgehead atoms. The zero-order valence-electron chi connectivity index (χ0n) is 11.3. The Morgan fingerprint density at radius 3 is 2.67 bits per heavy atom. The van der Waals surface area contributed by atoms with E-state index in [0.29, 0.717) is 23.5 Å². The van der Waals surface area contributed by atoms with Crippen LogP contribution in [-0.2, 0) is 0 Å². The summed E-state index contributed by atoms with van der Waals surface area (Å²) in [5, 5.41) is 9.56. The average Bonchev–Trinajstić information content (AvgIpc) is 2.56. The number of benzene rings is 2. The number of hydrogen-bond donors (Lipinski definition) is 1. The van der Waals surface area contributed by atoms with Gasteiger partial charge in [0.1, 0.15) is 12.4 Å². The van der Waals surface area contributed by atoms with Gasteiger partial charge in [-0.25, -0.2) is 0 Å². The molecule has 2 aromatic carbocycles. The molecule has 3 heteroatoms. The fourth-order valence-corrected chi connectivity index (χ4v) is 2.36. The predicted molar refractivity (Wildman–Crippen MR) is 82.3 cm³/mol. The number of hydrogen-bond acceptors (Lipinski definition) is 3. The lowest BCUT2D eigenvalue weighted by Crippen LogP contribution is -2.08. The summed E-state index contributed by atoms with van der Waals surface area (Å²) in [4.78, 5) is 12.6. The number of carbonyl (C=O) groups excluding carboxylic acids is 1. The highest BCUT2D eigenvalue weighted by atomic mass is 16.5. The van der Waals surface area contributed by atoms with Gasteiger partial charge in [-0.15, -0.1) is 0 Å². The Labute approximate surface area is 122 Å². The van der Waals surface area contributed by atoms with Crippen LogP contribution in [0.25, 0.3) is 11.6 Å². The van der Waals surface area contributed by atoms with Crippen molar-refractivity contribution in [1.29, 1.82) is 0 Å². The number of rotatable bonds is 3. The van der Waals surface area contributed by atoms with Crippen LogP contribution >= 0.6 is 0 Å². The quantitative estimate of drug-likeness (QED) is 0.526. The molecule has 3 rings (SSSR count). The van der Waals surface area contributed by atoms with Crippen LogP contribution in [0.5, 0.6) is 5.75 Å². The molecule has 0 unspecified atom stereocenters. The minimum Gasteiger partial charge on any atom is -0.515 e. The van der Waals surface area contributed by atoms with E-state index in [0.717, 1.165) is 11.8 Å². The number of aliphatic hydroxyl groups excluding tert-OH is 1. The van der Waals surface area contributed by atoms with Crippen molar-refractivity contribution in [2.45, 2.75) is 0 Å². The van der Waals surface area contributed by atoms with E-state index >= 15 is 0 Å². The number of Topliss-reactive ketones (excluding diaryl/α,β-unsaturated/α-hetero) is 1. The number of para-hydroxylation sites is 1. The van der Waals surface area contributed by atoms with Crippen molar-refractivity contribution in [3.05, 3.63) is 77.6 Å². The Hall–Kier alpha value is -2.81. The average molecular weight is 278 g/mol. The molecule has 1 aliphatic rings. The van der Waals surface area contributed by atoms with Crippen LogP contribution in [0.3, 0.4) is 0 Å². The topological polar surface area (TPSA) is 46.5 Å². The van der Waals surface area contributed by atoms with Crippen LogP contribution in [-0.4, -0.2) is 17.5 Å². The molecular formula is C18H14O3. The summed E-state index contributed by atoms with van der Waals surface area (Å²) in [6.07, 6.45) is 4.71. The first-order valence-corrected chi connectivity index (χ1v) is 6.68. The summed E-state index contributed by atoms with van der Waals surface area (Å²) in [5.74, 6) is 0.397. The van der Waals surface area contributed by atoms with Crippen LogP contribution in [0.2, 0.25) is 0 Å². The maximum Gasteiger partial charge on any atom is 0.196 e. The lowest BCUT2D eigenvalue weighted by Gasteiger charge is -2.17. The molecule has 0 aromatic heterocycles. The molecule has 2 aromatic rings. The third kappa shape index (κ3) is 2.46. The number of carbonyl (C=O) groups is 1. The van der Waals surface area contributed by atoms with Crippen molar-refractivity contribution in [3.63, 3.8) is 0 Å².